The Labute approximate surface area is 820 Å². The highest BCUT2D eigenvalue weighted by Crippen LogP contribution is 2.40. The van der Waals surface area contributed by atoms with E-state index in [0.717, 1.165) is 93.2 Å². The molecule has 0 bridgehead atoms. The number of fused-ring (bicyclic) bond motifs is 6. The van der Waals surface area contributed by atoms with Crippen LogP contribution < -0.4 is 26.0 Å². The summed E-state index contributed by atoms with van der Waals surface area (Å²) in [5, 5.41) is 51.0. The lowest BCUT2D eigenvalue weighted by Crippen LogP contribution is -2.43. The lowest BCUT2D eigenvalue weighted by atomic mass is 10.1. The molecule has 0 radical (unpaired) electrons. The molecule has 0 atom stereocenters. The lowest BCUT2D eigenvalue weighted by molar-refractivity contribution is -0.119. The van der Waals surface area contributed by atoms with E-state index >= 15 is 0 Å². The highest BCUT2D eigenvalue weighted by molar-refractivity contribution is 9.11. The number of nitrogens with one attached hydrogen (secondary N) is 3. The molecule has 4 N–H and O–H groups in total. The third kappa shape index (κ3) is 24.2. The summed E-state index contributed by atoms with van der Waals surface area (Å²) in [7, 11) is -3.69. The van der Waals surface area contributed by atoms with Crippen molar-refractivity contribution in [1.29, 1.82) is 0 Å². The predicted octanol–water partition coefficient (Wildman–Crippen LogP) is 24.4. The largest absolute Gasteiger partial charge is 0.415 e. The van der Waals surface area contributed by atoms with Crippen molar-refractivity contribution in [3.8, 4) is 24.1 Å². The van der Waals surface area contributed by atoms with Crippen molar-refractivity contribution < 1.29 is 50.8 Å². The van der Waals surface area contributed by atoms with E-state index in [4.69, 9.17) is 72.9 Å². The molecule has 0 aliphatic heterocycles. The van der Waals surface area contributed by atoms with Crippen LogP contribution in [-0.4, -0.2) is 149 Å². The Morgan fingerprint density at radius 3 is 1.25 bits per heavy atom. The summed E-state index contributed by atoms with van der Waals surface area (Å²) in [5.41, 5.74) is 14.8. The number of anilines is 3. The monoisotopic (exact) mass is 2110 g/mol. The molecule has 0 fully saturated rings. The molecular weight excluding hydrogens is 2020 g/mol. The maximum absolute atomic E-state index is 13.8. The van der Waals surface area contributed by atoms with Crippen molar-refractivity contribution in [2.24, 2.45) is 0 Å². The van der Waals surface area contributed by atoms with Gasteiger partial charge in [-0.1, -0.05) is 186 Å². The molecule has 9 aromatic heterocycles. The van der Waals surface area contributed by atoms with Gasteiger partial charge in [0.2, 0.25) is 29.5 Å². The molecule has 696 valence electrons. The number of allylic oxidation sites excluding steroid dienone is 1. The van der Waals surface area contributed by atoms with Crippen molar-refractivity contribution in [1.82, 2.24) is 74.5 Å². The summed E-state index contributed by atoms with van der Waals surface area (Å²) >= 11 is 35.5. The molecule has 8 aromatic carbocycles. The zero-order valence-corrected chi connectivity index (χ0v) is 85.9. The fraction of sp³-hybridized carbons (Fsp3) is 0.250. The Morgan fingerprint density at radius 1 is 0.455 bits per heavy atom. The number of aliphatic hydroxyl groups excluding tert-OH is 1. The molecule has 17 aromatic rings. The fourth-order valence-corrected chi connectivity index (χ4v) is 18.0. The second kappa shape index (κ2) is 43.4. The maximum atomic E-state index is 13.8. The Bertz CT molecular complexity index is 7080. The van der Waals surface area contributed by atoms with Crippen LogP contribution in [0.3, 0.4) is 0 Å². The zero-order valence-electron chi connectivity index (χ0n) is 76.1. The highest BCUT2D eigenvalue weighted by atomic mass is 79.9. The minimum Gasteiger partial charge on any atom is -0.415 e. The van der Waals surface area contributed by atoms with E-state index in [9.17, 15) is 24.3 Å². The van der Waals surface area contributed by atoms with Gasteiger partial charge < -0.3 is 46.7 Å². The summed E-state index contributed by atoms with van der Waals surface area (Å²) in [5.74, 6) is 1.08. The van der Waals surface area contributed by atoms with E-state index in [1.165, 1.54) is 27.5 Å². The predicted molar refractivity (Wildman–Crippen MR) is 544 cm³/mol. The summed E-state index contributed by atoms with van der Waals surface area (Å²) in [6.07, 6.45) is 14.6. The second-order valence-electron chi connectivity index (χ2n) is 34.0. The number of aliphatic hydroxyl groups is 1. The van der Waals surface area contributed by atoms with Crippen LogP contribution in [-0.2, 0) is 20.1 Å². The van der Waals surface area contributed by atoms with Gasteiger partial charge >= 0.3 is 30.1 Å². The number of hydrogen-bond donors (Lipinski definition) is 4. The number of carbonyl (C=O) groups excluding carboxylic acids is 4. The Morgan fingerprint density at radius 2 is 0.828 bits per heavy atom. The highest BCUT2D eigenvalue weighted by Gasteiger charge is 2.39. The number of aromatic nitrogens is 13. The van der Waals surface area contributed by atoms with E-state index in [1.807, 2.05) is 129 Å². The molecule has 29 nitrogen and oxygen atoms in total. The minimum atomic E-state index is -2.00. The normalized spacial score (nSPS) is 11.8. The number of benzene rings is 8. The molecular formula is C96H99Br3Cl4N18O11Si2. The number of nitrogens with zero attached hydrogens (tertiary/aromatic N) is 15. The SMILES string of the molecule is Brc1ccc2c(c1)C=CC2.CC(=O)NNC(=O)n1ccc2cc(Br)ccc21.Cc1nnc(-n2ccc3cc(Br)ccc32)o1.Cc1nnc(-n2ccc3cc(N(CCO)C(=O)c4c(Cl)cccc4Cl)ccc32)o1.Cc1nnc(-n2ccc3cc(N(CCO[Si](C)(C)C(C)(C)C)C(=O)c4c(Cl)cccc4Cl)ccc32)o1.Cc1nnc(-n2ccc3cc(NCCO[Si](C)(C)C(C)(C)C)ccc32)o1. The van der Waals surface area contributed by atoms with Gasteiger partial charge in [-0.2, -0.15) is 0 Å². The molecule has 0 saturated heterocycles. The first-order valence-corrected chi connectivity index (χ1v) is 52.2. The van der Waals surface area contributed by atoms with Crippen LogP contribution in [0.15, 0.2) is 244 Å². The van der Waals surface area contributed by atoms with Crippen molar-refractivity contribution in [2.75, 3.05) is 54.6 Å². The minimum absolute atomic E-state index is 0.0583. The van der Waals surface area contributed by atoms with Crippen LogP contribution in [0.2, 0.25) is 56.4 Å². The topological polar surface area (TPSA) is 330 Å². The van der Waals surface area contributed by atoms with Crippen LogP contribution in [0.4, 0.5) is 21.9 Å². The Hall–Kier alpha value is -11.6. The van der Waals surface area contributed by atoms with Gasteiger partial charge in [-0.15, -0.1) is 20.4 Å². The average molecular weight is 2120 g/mol. The van der Waals surface area contributed by atoms with E-state index < -0.39 is 22.7 Å². The third-order valence-corrected chi connectivity index (χ3v) is 34.4. The molecule has 1 aliphatic rings. The number of hydrazine groups is 1. The second-order valence-corrected chi connectivity index (χ2v) is 48.0. The number of halogens is 7. The summed E-state index contributed by atoms with van der Waals surface area (Å²) < 4.78 is 46.5. The van der Waals surface area contributed by atoms with E-state index in [0.29, 0.717) is 82.2 Å². The zero-order chi connectivity index (χ0) is 96.3. The molecule has 9 heterocycles. The molecule has 134 heavy (non-hydrogen) atoms. The summed E-state index contributed by atoms with van der Waals surface area (Å²) in [6, 6.07) is 56.5. The van der Waals surface area contributed by atoms with Gasteiger partial charge in [0.15, 0.2) is 16.6 Å². The van der Waals surface area contributed by atoms with Crippen LogP contribution >= 0.6 is 94.2 Å². The molecule has 1 aliphatic carbocycles. The first-order valence-electron chi connectivity index (χ1n) is 42.5. The van der Waals surface area contributed by atoms with Gasteiger partial charge in [-0.3, -0.25) is 42.6 Å². The van der Waals surface area contributed by atoms with Crippen LogP contribution in [0.25, 0.3) is 84.6 Å². The number of aryl methyl sites for hydroxylation is 4. The molecule has 38 heteroatoms. The quantitative estimate of drug-likeness (QED) is 0.0332. The molecule has 4 amide bonds. The molecule has 0 spiro atoms. The molecule has 18 rings (SSSR count). The van der Waals surface area contributed by atoms with Gasteiger partial charge in [-0.25, -0.2) is 10.2 Å². The number of carbonyl (C=O) groups is 4. The third-order valence-electron chi connectivity index (χ3n) is 22.6. The van der Waals surface area contributed by atoms with Crippen molar-refractivity contribution in [2.45, 2.75) is 119 Å². The standard InChI is InChI=1S/C26H30Cl2N4O3Si.C20H16Cl2N4O3.C19H28N4O2Si.C11H10BrN3O2.C11H8BrN3O.C9H7Br/c1-17-29-30-25(35-17)32-13-12-18-16-19(10-11-22(18)32)31(14-15-34-36(5,6)26(2,3)4)24(33)23-20(27)8-7-9-21(23)28;1-12-23-24-20(29-12)26-8-7-13-11-14(5-6-17(13)26)25(9-10-27)19(28)18-15(21)3-2-4-16(18)22;1-14-21-22-18(25-14)23-11-9-15-13-16(7-8-17(15)23)20-10-12-24-26(5,6)19(2,3)4;1-7(16)13-14-11(17)15-5-4-8-6-9(12)2-3-10(8)15;1-7-13-14-11(16-7)15-5-4-8-6-9(12)2-3-10(8)15;10-9-5-4-7-2-1-3-8(7)6-9/h7-13,16H,14-15H2,1-6H3;2-8,11,27H,9-10H2,1H3;7-9,11,13,20H,10,12H2,1-6H3;2-6H,1H3,(H,13,16)(H,14,17);2-6H,1H3;1,3-6H,2H2. The first-order chi connectivity index (χ1) is 63.7. The lowest BCUT2D eigenvalue weighted by Gasteiger charge is -2.37. The smallest absolute Gasteiger partial charge is 0.344 e. The molecule has 0 saturated carbocycles. The van der Waals surface area contributed by atoms with Crippen LogP contribution in [0.1, 0.15) is 104 Å². The average Bonchev–Trinajstić information content (AvgIpc) is 1.40. The van der Waals surface area contributed by atoms with Crippen LogP contribution in [0, 0.1) is 27.7 Å². The summed E-state index contributed by atoms with van der Waals surface area (Å²) in [6.45, 7) is 32.8. The van der Waals surface area contributed by atoms with Gasteiger partial charge in [0.25, 0.3) is 11.8 Å². The first kappa shape index (κ1) is 99.8. The van der Waals surface area contributed by atoms with Crippen molar-refractivity contribution in [3.63, 3.8) is 0 Å². The van der Waals surface area contributed by atoms with Crippen LogP contribution in [0.5, 0.6) is 0 Å². The molecule has 0 unspecified atom stereocenters. The van der Waals surface area contributed by atoms with E-state index in [2.05, 4.69) is 227 Å². The maximum Gasteiger partial charge on any atom is 0.344 e. The van der Waals surface area contributed by atoms with Crippen molar-refractivity contribution in [3.05, 3.63) is 292 Å². The van der Waals surface area contributed by atoms with E-state index in [-0.39, 0.29) is 62.1 Å². The number of hydrogen-bond acceptors (Lipinski definition) is 20. The Kier molecular flexibility index (Phi) is 32.3. The summed E-state index contributed by atoms with van der Waals surface area (Å²) in [4.78, 5) is 52.5. The number of amides is 4. The van der Waals surface area contributed by atoms with Gasteiger partial charge in [-0.05, 0) is 212 Å². The van der Waals surface area contributed by atoms with Gasteiger partial charge in [0, 0.05) is 143 Å². The number of rotatable bonds is 19. The van der Waals surface area contributed by atoms with Crippen molar-refractivity contribution >= 4 is 212 Å². The fourth-order valence-electron chi connectivity index (χ4n) is 13.7. The Balaban J connectivity index is 0.000000142. The van der Waals surface area contributed by atoms with E-state index in [1.54, 1.807) is 85.8 Å². The van der Waals surface area contributed by atoms with Gasteiger partial charge in [0.1, 0.15) is 0 Å². The van der Waals surface area contributed by atoms with Gasteiger partial charge in [0.05, 0.1) is 78.6 Å².